The average molecular weight is 335 g/mol. The Bertz CT molecular complexity index is 635. The Labute approximate surface area is 143 Å². The molecule has 1 aliphatic heterocycles. The van der Waals surface area contributed by atoms with Gasteiger partial charge >= 0.3 is 0 Å². The van der Waals surface area contributed by atoms with Crippen molar-refractivity contribution in [3.8, 4) is 0 Å². The summed E-state index contributed by atoms with van der Waals surface area (Å²) in [4.78, 5) is 14.6. The van der Waals surface area contributed by atoms with E-state index in [1.165, 1.54) is 5.56 Å². The van der Waals surface area contributed by atoms with Gasteiger partial charge in [-0.15, -0.1) is 12.4 Å². The normalized spacial score (nSPS) is 14.4. The van der Waals surface area contributed by atoms with Crippen LogP contribution in [0.1, 0.15) is 28.5 Å². The van der Waals surface area contributed by atoms with E-state index in [0.717, 1.165) is 43.9 Å². The summed E-state index contributed by atoms with van der Waals surface area (Å²) in [6.07, 6.45) is 2.53. The number of piperazine rings is 1. The summed E-state index contributed by atoms with van der Waals surface area (Å²) in [5.41, 5.74) is 2.97. The van der Waals surface area contributed by atoms with E-state index < -0.39 is 0 Å². The molecule has 5 nitrogen and oxygen atoms in total. The van der Waals surface area contributed by atoms with E-state index >= 15 is 0 Å². The highest BCUT2D eigenvalue weighted by atomic mass is 35.5. The molecule has 1 amide bonds. The van der Waals surface area contributed by atoms with Crippen molar-refractivity contribution in [2.75, 3.05) is 26.2 Å². The summed E-state index contributed by atoms with van der Waals surface area (Å²) in [6.45, 7) is 6.06. The Balaban J connectivity index is 0.00000192. The van der Waals surface area contributed by atoms with Gasteiger partial charge in [0.2, 0.25) is 0 Å². The van der Waals surface area contributed by atoms with Gasteiger partial charge in [-0.1, -0.05) is 37.3 Å². The second-order valence-corrected chi connectivity index (χ2v) is 5.54. The maximum atomic E-state index is 12.7. The average Bonchev–Trinajstić information content (AvgIpc) is 2.98. The van der Waals surface area contributed by atoms with Crippen molar-refractivity contribution in [2.24, 2.45) is 0 Å². The zero-order chi connectivity index (χ0) is 15.4. The van der Waals surface area contributed by atoms with Gasteiger partial charge in [0.1, 0.15) is 0 Å². The highest BCUT2D eigenvalue weighted by molar-refractivity contribution is 5.95. The molecular weight excluding hydrogens is 312 g/mol. The Morgan fingerprint density at radius 1 is 1.22 bits per heavy atom. The number of carbonyl (C=O) groups is 1. The van der Waals surface area contributed by atoms with Crippen LogP contribution in [0.4, 0.5) is 0 Å². The van der Waals surface area contributed by atoms with Crippen molar-refractivity contribution in [1.29, 1.82) is 0 Å². The Morgan fingerprint density at radius 3 is 2.57 bits per heavy atom. The first kappa shape index (κ1) is 17.5. The predicted octanol–water partition coefficient (Wildman–Crippen LogP) is 1.96. The number of aromatic nitrogens is 2. The number of nitrogens with zero attached hydrogens (tertiary/aromatic N) is 3. The fourth-order valence-electron chi connectivity index (χ4n) is 2.89. The first-order valence-electron chi connectivity index (χ1n) is 7.88. The third-order valence-electron chi connectivity index (χ3n) is 4.09. The van der Waals surface area contributed by atoms with E-state index in [1.54, 1.807) is 6.20 Å². The van der Waals surface area contributed by atoms with Crippen molar-refractivity contribution in [1.82, 2.24) is 20.0 Å². The maximum absolute atomic E-state index is 12.7. The molecule has 1 aromatic heterocycles. The Kier molecular flexibility index (Phi) is 6.19. The lowest BCUT2D eigenvalue weighted by Crippen LogP contribution is -2.46. The number of benzene rings is 1. The standard InChI is InChI=1S/C17H22N4O.ClH/c1-2-16-15(17(22)20-10-8-18-9-11-20)12-19-21(16)13-14-6-4-3-5-7-14;/h3-7,12,18H,2,8-11,13H2,1H3;1H. The van der Waals surface area contributed by atoms with E-state index in [-0.39, 0.29) is 18.3 Å². The van der Waals surface area contributed by atoms with E-state index in [9.17, 15) is 4.79 Å². The van der Waals surface area contributed by atoms with Gasteiger partial charge in [0.15, 0.2) is 0 Å². The van der Waals surface area contributed by atoms with Crippen molar-refractivity contribution in [3.63, 3.8) is 0 Å². The molecule has 6 heteroatoms. The molecule has 2 heterocycles. The van der Waals surface area contributed by atoms with E-state index in [4.69, 9.17) is 0 Å². The summed E-state index contributed by atoms with van der Waals surface area (Å²) < 4.78 is 1.95. The van der Waals surface area contributed by atoms with Gasteiger partial charge in [-0.2, -0.15) is 5.10 Å². The smallest absolute Gasteiger partial charge is 0.257 e. The molecule has 2 aromatic rings. The van der Waals surface area contributed by atoms with Gasteiger partial charge in [0.05, 0.1) is 24.0 Å². The van der Waals surface area contributed by atoms with Gasteiger partial charge in [0, 0.05) is 26.2 Å². The second-order valence-electron chi connectivity index (χ2n) is 5.54. The molecule has 0 spiro atoms. The molecule has 1 aromatic carbocycles. The summed E-state index contributed by atoms with van der Waals surface area (Å²) in [6, 6.07) is 10.2. The molecule has 1 aliphatic rings. The van der Waals surface area contributed by atoms with Gasteiger partial charge < -0.3 is 10.2 Å². The monoisotopic (exact) mass is 334 g/mol. The highest BCUT2D eigenvalue weighted by Gasteiger charge is 2.23. The largest absolute Gasteiger partial charge is 0.336 e. The molecule has 0 aliphatic carbocycles. The third kappa shape index (κ3) is 3.92. The van der Waals surface area contributed by atoms with Crippen molar-refractivity contribution < 1.29 is 4.79 Å². The third-order valence-corrected chi connectivity index (χ3v) is 4.09. The molecule has 1 N–H and O–H groups in total. The van der Waals surface area contributed by atoms with Crippen LogP contribution in [0.15, 0.2) is 36.5 Å². The molecule has 0 saturated carbocycles. The number of carbonyl (C=O) groups excluding carboxylic acids is 1. The number of nitrogens with one attached hydrogen (secondary N) is 1. The van der Waals surface area contributed by atoms with Gasteiger partial charge in [0.25, 0.3) is 5.91 Å². The van der Waals surface area contributed by atoms with E-state index in [0.29, 0.717) is 6.54 Å². The summed E-state index contributed by atoms with van der Waals surface area (Å²) in [5.74, 6) is 0.109. The summed E-state index contributed by atoms with van der Waals surface area (Å²) >= 11 is 0. The Hall–Kier alpha value is -1.85. The van der Waals surface area contributed by atoms with Gasteiger partial charge in [-0.05, 0) is 12.0 Å². The Morgan fingerprint density at radius 2 is 1.91 bits per heavy atom. The van der Waals surface area contributed by atoms with Crippen LogP contribution in [-0.2, 0) is 13.0 Å². The molecule has 23 heavy (non-hydrogen) atoms. The molecule has 1 saturated heterocycles. The topological polar surface area (TPSA) is 50.2 Å². The highest BCUT2D eigenvalue weighted by Crippen LogP contribution is 2.15. The molecule has 0 atom stereocenters. The molecule has 0 bridgehead atoms. The molecular formula is C17H23ClN4O. The number of hydrogen-bond acceptors (Lipinski definition) is 3. The summed E-state index contributed by atoms with van der Waals surface area (Å²) in [5, 5.41) is 7.72. The minimum Gasteiger partial charge on any atom is -0.336 e. The summed E-state index contributed by atoms with van der Waals surface area (Å²) in [7, 11) is 0. The van der Waals surface area contributed by atoms with Gasteiger partial charge in [-0.3, -0.25) is 9.48 Å². The van der Waals surface area contributed by atoms with Crippen molar-refractivity contribution >= 4 is 18.3 Å². The number of hydrogen-bond donors (Lipinski definition) is 1. The fraction of sp³-hybridized carbons (Fsp3) is 0.412. The van der Waals surface area contributed by atoms with Crippen LogP contribution in [0.25, 0.3) is 0 Å². The first-order chi connectivity index (χ1) is 10.8. The first-order valence-corrected chi connectivity index (χ1v) is 7.88. The second kappa shape index (κ2) is 8.13. The zero-order valence-electron chi connectivity index (χ0n) is 13.4. The van der Waals surface area contributed by atoms with E-state index in [2.05, 4.69) is 29.5 Å². The zero-order valence-corrected chi connectivity index (χ0v) is 14.2. The molecule has 124 valence electrons. The van der Waals surface area contributed by atoms with Crippen LogP contribution in [0.3, 0.4) is 0 Å². The van der Waals surface area contributed by atoms with Crippen molar-refractivity contribution in [3.05, 3.63) is 53.3 Å². The van der Waals surface area contributed by atoms with Crippen LogP contribution in [-0.4, -0.2) is 46.8 Å². The minimum absolute atomic E-state index is 0. The SMILES string of the molecule is CCc1c(C(=O)N2CCNCC2)cnn1Cc1ccccc1.Cl. The molecule has 0 unspecified atom stereocenters. The van der Waals surface area contributed by atoms with Crippen LogP contribution in [0.2, 0.25) is 0 Å². The van der Waals surface area contributed by atoms with E-state index in [1.807, 2.05) is 27.8 Å². The van der Waals surface area contributed by atoms with Gasteiger partial charge in [-0.25, -0.2) is 0 Å². The number of halogens is 1. The number of rotatable bonds is 4. The van der Waals surface area contributed by atoms with Crippen LogP contribution < -0.4 is 5.32 Å². The molecule has 3 rings (SSSR count). The quantitative estimate of drug-likeness (QED) is 0.930. The van der Waals surface area contributed by atoms with Crippen LogP contribution in [0, 0.1) is 0 Å². The minimum atomic E-state index is 0. The molecule has 0 radical (unpaired) electrons. The predicted molar refractivity (Wildman–Crippen MR) is 93.2 cm³/mol. The lowest BCUT2D eigenvalue weighted by Gasteiger charge is -2.27. The van der Waals surface area contributed by atoms with Crippen LogP contribution in [0.5, 0.6) is 0 Å². The fourth-order valence-corrected chi connectivity index (χ4v) is 2.89. The van der Waals surface area contributed by atoms with Crippen molar-refractivity contribution in [2.45, 2.75) is 19.9 Å². The van der Waals surface area contributed by atoms with Crippen LogP contribution >= 0.6 is 12.4 Å². The molecule has 1 fully saturated rings. The number of amides is 1. The lowest BCUT2D eigenvalue weighted by molar-refractivity contribution is 0.0734. The lowest BCUT2D eigenvalue weighted by atomic mass is 10.1. The maximum Gasteiger partial charge on any atom is 0.257 e.